The minimum atomic E-state index is -2.79. The number of alkyl halides is 2. The highest BCUT2D eigenvalue weighted by Gasteiger charge is 2.22. The number of nitrogens with one attached hydrogen (secondary N) is 2. The first-order valence-corrected chi connectivity index (χ1v) is 9.66. The number of hydrogen-bond acceptors (Lipinski definition) is 5. The fraction of sp³-hybridized carbons (Fsp3) is 0.174. The van der Waals surface area contributed by atoms with Gasteiger partial charge in [-0.1, -0.05) is 24.3 Å². The number of benzene rings is 2. The number of hydrogen-bond donors (Lipinski definition) is 4. The molecule has 0 amide bonds. The van der Waals surface area contributed by atoms with Crippen LogP contribution in [0.2, 0.25) is 0 Å². The fourth-order valence-electron chi connectivity index (χ4n) is 3.01. The summed E-state index contributed by atoms with van der Waals surface area (Å²) in [5.41, 5.74) is 13.0. The predicted molar refractivity (Wildman–Crippen MR) is 118 cm³/mol. The lowest BCUT2D eigenvalue weighted by Gasteiger charge is -2.17. The molecule has 0 spiro atoms. The molecule has 0 radical (unpaired) electrons. The summed E-state index contributed by atoms with van der Waals surface area (Å²) in [6.45, 7) is 1.53. The van der Waals surface area contributed by atoms with Gasteiger partial charge in [-0.15, -0.1) is 0 Å². The maximum Gasteiger partial charge on any atom is 0.267 e. The summed E-state index contributed by atoms with van der Waals surface area (Å²) in [6, 6.07) is 13.2. The Kier molecular flexibility index (Phi) is 6.99. The van der Waals surface area contributed by atoms with Crippen LogP contribution in [-0.4, -0.2) is 16.7 Å². The molecule has 9 heteroatoms. The molecular weight excluding hydrogens is 416 g/mol. The standard InChI is InChI=1S/C23H23F2N5O2/c1-13-20(32-11-14-2-4-15(5-3-14)22(26)27)19(21(24)25)17(10-30-13)12-31-18-8-6-16(7-9-18)23(28)29/h2-10,21H,11-12H2,1H3,(H3,26,27)(H3,28,29). The Balaban J connectivity index is 1.78. The van der Waals surface area contributed by atoms with Crippen LogP contribution in [0.15, 0.2) is 54.7 Å². The molecule has 0 bridgehead atoms. The van der Waals surface area contributed by atoms with Crippen LogP contribution in [0, 0.1) is 17.7 Å². The molecule has 6 N–H and O–H groups in total. The SMILES string of the molecule is Cc1ncc(COc2ccc(C(=N)N)cc2)c(C(F)F)c1OCc1ccc(C(=N)N)cc1. The Morgan fingerprint density at radius 1 is 0.906 bits per heavy atom. The topological polar surface area (TPSA) is 131 Å². The zero-order valence-corrected chi connectivity index (χ0v) is 17.4. The van der Waals surface area contributed by atoms with E-state index in [1.54, 1.807) is 55.5 Å². The molecule has 7 nitrogen and oxygen atoms in total. The lowest BCUT2D eigenvalue weighted by Crippen LogP contribution is -2.11. The largest absolute Gasteiger partial charge is 0.489 e. The van der Waals surface area contributed by atoms with E-state index in [-0.39, 0.29) is 41.8 Å². The van der Waals surface area contributed by atoms with Gasteiger partial charge in [-0.3, -0.25) is 15.8 Å². The number of pyridine rings is 1. The van der Waals surface area contributed by atoms with Gasteiger partial charge in [0.05, 0.1) is 11.3 Å². The van der Waals surface area contributed by atoms with Crippen LogP contribution in [-0.2, 0) is 13.2 Å². The Morgan fingerprint density at radius 3 is 2.00 bits per heavy atom. The summed E-state index contributed by atoms with van der Waals surface area (Å²) in [5, 5.41) is 14.8. The fourth-order valence-corrected chi connectivity index (χ4v) is 3.01. The molecule has 0 unspecified atom stereocenters. The first-order chi connectivity index (χ1) is 15.3. The minimum absolute atomic E-state index is 0.0173. The number of aryl methyl sites for hydroxylation is 1. The third kappa shape index (κ3) is 5.37. The van der Waals surface area contributed by atoms with Crippen LogP contribution in [0.3, 0.4) is 0 Å². The molecule has 166 valence electrons. The van der Waals surface area contributed by atoms with Gasteiger partial charge in [-0.25, -0.2) is 8.78 Å². The molecule has 0 atom stereocenters. The number of amidine groups is 2. The van der Waals surface area contributed by atoms with E-state index in [1.165, 1.54) is 6.20 Å². The van der Waals surface area contributed by atoms with Gasteiger partial charge >= 0.3 is 0 Å². The Morgan fingerprint density at radius 2 is 1.47 bits per heavy atom. The summed E-state index contributed by atoms with van der Waals surface area (Å²) in [6.07, 6.45) is -1.43. The van der Waals surface area contributed by atoms with Crippen molar-refractivity contribution in [1.82, 2.24) is 4.98 Å². The number of aromatic nitrogens is 1. The van der Waals surface area contributed by atoms with Gasteiger partial charge in [-0.05, 0) is 36.8 Å². The van der Waals surface area contributed by atoms with Crippen molar-refractivity contribution in [2.75, 3.05) is 0 Å². The third-order valence-corrected chi connectivity index (χ3v) is 4.76. The average Bonchev–Trinajstić information content (AvgIpc) is 2.77. The van der Waals surface area contributed by atoms with Crippen LogP contribution in [0.25, 0.3) is 0 Å². The van der Waals surface area contributed by atoms with Gasteiger partial charge in [0.15, 0.2) is 0 Å². The second kappa shape index (κ2) is 9.86. The monoisotopic (exact) mass is 439 g/mol. The van der Waals surface area contributed by atoms with Crippen LogP contribution in [0.4, 0.5) is 8.78 Å². The highest BCUT2D eigenvalue weighted by atomic mass is 19.3. The Hall–Kier alpha value is -4.01. The number of rotatable bonds is 9. The van der Waals surface area contributed by atoms with Crippen molar-refractivity contribution in [3.05, 3.63) is 88.2 Å². The zero-order valence-electron chi connectivity index (χ0n) is 17.4. The van der Waals surface area contributed by atoms with Crippen molar-refractivity contribution in [3.63, 3.8) is 0 Å². The lowest BCUT2D eigenvalue weighted by atomic mass is 10.1. The molecule has 2 aromatic carbocycles. The zero-order chi connectivity index (χ0) is 23.3. The van der Waals surface area contributed by atoms with E-state index < -0.39 is 6.43 Å². The highest BCUT2D eigenvalue weighted by molar-refractivity contribution is 5.95. The molecule has 0 saturated heterocycles. The van der Waals surface area contributed by atoms with E-state index in [0.717, 1.165) is 5.56 Å². The van der Waals surface area contributed by atoms with Gasteiger partial charge in [0, 0.05) is 22.9 Å². The highest BCUT2D eigenvalue weighted by Crippen LogP contribution is 2.35. The quantitative estimate of drug-likeness (QED) is 0.295. The Labute approximate surface area is 184 Å². The molecule has 1 heterocycles. The molecule has 0 saturated carbocycles. The summed E-state index contributed by atoms with van der Waals surface area (Å²) in [4.78, 5) is 4.19. The molecule has 3 rings (SSSR count). The molecule has 0 aliphatic rings. The normalized spacial score (nSPS) is 10.8. The Bertz CT molecular complexity index is 1120. The van der Waals surface area contributed by atoms with Crippen molar-refractivity contribution in [2.45, 2.75) is 26.6 Å². The first kappa shape index (κ1) is 22.7. The smallest absolute Gasteiger partial charge is 0.267 e. The second-order valence-electron chi connectivity index (χ2n) is 7.04. The van der Waals surface area contributed by atoms with E-state index in [2.05, 4.69) is 4.98 Å². The molecule has 1 aromatic heterocycles. The van der Waals surface area contributed by atoms with Crippen molar-refractivity contribution in [2.24, 2.45) is 11.5 Å². The molecule has 0 fully saturated rings. The van der Waals surface area contributed by atoms with Gasteiger partial charge in [-0.2, -0.15) is 0 Å². The molecule has 32 heavy (non-hydrogen) atoms. The van der Waals surface area contributed by atoms with Crippen molar-refractivity contribution < 1.29 is 18.3 Å². The van der Waals surface area contributed by atoms with Crippen LogP contribution < -0.4 is 20.9 Å². The third-order valence-electron chi connectivity index (χ3n) is 4.76. The van der Waals surface area contributed by atoms with Gasteiger partial charge < -0.3 is 20.9 Å². The van der Waals surface area contributed by atoms with Gasteiger partial charge in [0.2, 0.25) is 0 Å². The molecule has 0 aliphatic carbocycles. The molecular formula is C23H23F2N5O2. The second-order valence-corrected chi connectivity index (χ2v) is 7.04. The minimum Gasteiger partial charge on any atom is -0.489 e. The van der Waals surface area contributed by atoms with Crippen LogP contribution >= 0.6 is 0 Å². The average molecular weight is 439 g/mol. The predicted octanol–water partition coefficient (Wildman–Crippen LogP) is 4.05. The van der Waals surface area contributed by atoms with E-state index >= 15 is 0 Å². The van der Waals surface area contributed by atoms with Crippen molar-refractivity contribution in [1.29, 1.82) is 10.8 Å². The lowest BCUT2D eigenvalue weighted by molar-refractivity contribution is 0.140. The number of nitrogen functional groups attached to an aromatic ring is 2. The number of nitrogens with two attached hydrogens (primary N) is 2. The van der Waals surface area contributed by atoms with Crippen LogP contribution in [0.1, 0.15) is 39.9 Å². The first-order valence-electron chi connectivity index (χ1n) is 9.66. The van der Waals surface area contributed by atoms with Gasteiger partial charge in [0.1, 0.15) is 36.4 Å². The van der Waals surface area contributed by atoms with Crippen LogP contribution in [0.5, 0.6) is 11.5 Å². The van der Waals surface area contributed by atoms with E-state index in [0.29, 0.717) is 22.6 Å². The maximum atomic E-state index is 14.0. The summed E-state index contributed by atoms with van der Waals surface area (Å²) < 4.78 is 39.3. The number of ether oxygens (including phenoxy) is 2. The van der Waals surface area contributed by atoms with E-state index in [9.17, 15) is 8.78 Å². The van der Waals surface area contributed by atoms with Gasteiger partial charge in [0.25, 0.3) is 6.43 Å². The number of halogens is 2. The van der Waals surface area contributed by atoms with Crippen molar-refractivity contribution in [3.8, 4) is 11.5 Å². The van der Waals surface area contributed by atoms with E-state index in [1.807, 2.05) is 0 Å². The molecule has 3 aromatic rings. The molecule has 0 aliphatic heterocycles. The van der Waals surface area contributed by atoms with E-state index in [4.69, 9.17) is 31.8 Å². The number of nitrogens with zero attached hydrogens (tertiary/aromatic N) is 1. The van der Waals surface area contributed by atoms with Crippen molar-refractivity contribution >= 4 is 11.7 Å². The summed E-state index contributed by atoms with van der Waals surface area (Å²) in [7, 11) is 0. The maximum absolute atomic E-state index is 14.0. The summed E-state index contributed by atoms with van der Waals surface area (Å²) in [5.74, 6) is 0.339. The summed E-state index contributed by atoms with van der Waals surface area (Å²) >= 11 is 0.